The van der Waals surface area contributed by atoms with Crippen molar-refractivity contribution in [3.8, 4) is 0 Å². The van der Waals surface area contributed by atoms with Crippen LogP contribution in [0.2, 0.25) is 0 Å². The highest BCUT2D eigenvalue weighted by molar-refractivity contribution is 5.88. The van der Waals surface area contributed by atoms with Crippen molar-refractivity contribution in [1.29, 1.82) is 0 Å². The number of aryl methyl sites for hydroxylation is 3. The van der Waals surface area contributed by atoms with Gasteiger partial charge in [-0.15, -0.1) is 0 Å². The summed E-state index contributed by atoms with van der Waals surface area (Å²) in [7, 11) is 0. The van der Waals surface area contributed by atoms with Crippen LogP contribution in [0.1, 0.15) is 17.1 Å². The lowest BCUT2D eigenvalue weighted by atomic mass is 10.2. The van der Waals surface area contributed by atoms with Gasteiger partial charge in [-0.25, -0.2) is 9.97 Å². The molecule has 5 heteroatoms. The van der Waals surface area contributed by atoms with Crippen molar-refractivity contribution in [2.24, 2.45) is 5.73 Å². The second-order valence-electron chi connectivity index (χ2n) is 4.00. The summed E-state index contributed by atoms with van der Waals surface area (Å²) in [4.78, 5) is 8.74. The third-order valence-electron chi connectivity index (χ3n) is 2.94. The molecule has 2 aromatic rings. The number of nitrogens with two attached hydrogens (primary N) is 2. The third kappa shape index (κ3) is 1.44. The van der Waals surface area contributed by atoms with E-state index in [2.05, 4.69) is 14.5 Å². The van der Waals surface area contributed by atoms with Crippen LogP contribution in [-0.2, 0) is 6.54 Å². The summed E-state index contributed by atoms with van der Waals surface area (Å²) in [6.45, 7) is 7.31. The van der Waals surface area contributed by atoms with E-state index < -0.39 is 0 Å². The second kappa shape index (κ2) is 3.75. The topological polar surface area (TPSA) is 82.8 Å². The number of aromatic nitrogens is 3. The summed E-state index contributed by atoms with van der Waals surface area (Å²) in [5, 5.41) is 0. The molecule has 5 nitrogen and oxygen atoms in total. The van der Waals surface area contributed by atoms with Crippen molar-refractivity contribution < 1.29 is 0 Å². The predicted molar refractivity (Wildman–Crippen MR) is 65.2 cm³/mol. The first kappa shape index (κ1) is 10.9. The molecular weight excluding hydrogens is 202 g/mol. The van der Waals surface area contributed by atoms with E-state index in [1.807, 2.05) is 20.8 Å². The van der Waals surface area contributed by atoms with Crippen molar-refractivity contribution in [1.82, 2.24) is 14.5 Å². The first-order valence-electron chi connectivity index (χ1n) is 5.35. The molecule has 0 atom stereocenters. The number of hydrogen-bond donors (Lipinski definition) is 2. The summed E-state index contributed by atoms with van der Waals surface area (Å²) >= 11 is 0. The summed E-state index contributed by atoms with van der Waals surface area (Å²) in [5.41, 5.74) is 15.4. The molecule has 0 saturated heterocycles. The number of rotatable bonds is 2. The van der Waals surface area contributed by atoms with Crippen LogP contribution in [0.25, 0.3) is 11.0 Å². The Morgan fingerprint density at radius 3 is 2.50 bits per heavy atom. The van der Waals surface area contributed by atoms with Gasteiger partial charge in [-0.05, 0) is 26.3 Å². The lowest BCUT2D eigenvalue weighted by Gasteiger charge is -2.08. The largest absolute Gasteiger partial charge is 0.382 e. The minimum atomic E-state index is 0.497. The highest BCUT2D eigenvalue weighted by Crippen LogP contribution is 2.25. The number of imidazole rings is 1. The Kier molecular flexibility index (Phi) is 2.55. The van der Waals surface area contributed by atoms with Crippen LogP contribution in [0.3, 0.4) is 0 Å². The molecule has 2 rings (SSSR count). The van der Waals surface area contributed by atoms with Gasteiger partial charge in [0.15, 0.2) is 5.82 Å². The fraction of sp³-hybridized carbons (Fsp3) is 0.455. The number of nitrogens with zero attached hydrogens (tertiary/aromatic N) is 3. The Bertz CT molecular complexity index is 541. The SMILES string of the molecule is Cc1nc(N)c2nc(C)n(CCN)c2c1C. The van der Waals surface area contributed by atoms with Crippen LogP contribution in [-0.4, -0.2) is 21.1 Å². The minimum Gasteiger partial charge on any atom is -0.382 e. The first-order chi connectivity index (χ1) is 7.56. The maximum Gasteiger partial charge on any atom is 0.151 e. The van der Waals surface area contributed by atoms with Gasteiger partial charge in [0.05, 0.1) is 5.52 Å². The predicted octanol–water partition coefficient (Wildman–Crippen LogP) is 0.897. The van der Waals surface area contributed by atoms with Crippen molar-refractivity contribution in [2.75, 3.05) is 12.3 Å². The maximum absolute atomic E-state index is 5.89. The molecule has 0 bridgehead atoms. The van der Waals surface area contributed by atoms with Crippen molar-refractivity contribution in [2.45, 2.75) is 27.3 Å². The van der Waals surface area contributed by atoms with E-state index in [4.69, 9.17) is 11.5 Å². The van der Waals surface area contributed by atoms with E-state index in [9.17, 15) is 0 Å². The van der Waals surface area contributed by atoms with Crippen molar-refractivity contribution >= 4 is 16.9 Å². The van der Waals surface area contributed by atoms with E-state index in [1.165, 1.54) is 0 Å². The smallest absolute Gasteiger partial charge is 0.151 e. The molecule has 2 heterocycles. The Morgan fingerprint density at radius 2 is 1.88 bits per heavy atom. The van der Waals surface area contributed by atoms with Crippen molar-refractivity contribution in [3.05, 3.63) is 17.1 Å². The Hall–Kier alpha value is -1.62. The normalized spacial score (nSPS) is 11.2. The van der Waals surface area contributed by atoms with Crippen LogP contribution in [0.5, 0.6) is 0 Å². The molecule has 4 N–H and O–H groups in total. The molecule has 0 radical (unpaired) electrons. The molecule has 0 fully saturated rings. The van der Waals surface area contributed by atoms with Gasteiger partial charge in [0.1, 0.15) is 11.3 Å². The highest BCUT2D eigenvalue weighted by atomic mass is 15.1. The van der Waals surface area contributed by atoms with Crippen LogP contribution in [0.15, 0.2) is 0 Å². The summed E-state index contributed by atoms with van der Waals surface area (Å²) in [5.74, 6) is 1.43. The fourth-order valence-corrected chi connectivity index (χ4v) is 2.01. The summed E-state index contributed by atoms with van der Waals surface area (Å²) < 4.78 is 2.11. The van der Waals surface area contributed by atoms with Crippen LogP contribution in [0.4, 0.5) is 5.82 Å². The Morgan fingerprint density at radius 1 is 1.19 bits per heavy atom. The molecular formula is C11H17N5. The molecule has 2 aromatic heterocycles. The number of hydrogen-bond acceptors (Lipinski definition) is 4. The molecule has 0 aliphatic carbocycles. The van der Waals surface area contributed by atoms with E-state index in [0.29, 0.717) is 12.4 Å². The van der Waals surface area contributed by atoms with Gasteiger partial charge in [0.25, 0.3) is 0 Å². The molecule has 0 aliphatic rings. The minimum absolute atomic E-state index is 0.497. The lowest BCUT2D eigenvalue weighted by molar-refractivity contribution is 0.702. The Balaban J connectivity index is 2.85. The van der Waals surface area contributed by atoms with E-state index >= 15 is 0 Å². The van der Waals surface area contributed by atoms with Gasteiger partial charge >= 0.3 is 0 Å². The van der Waals surface area contributed by atoms with E-state index in [1.54, 1.807) is 0 Å². The first-order valence-corrected chi connectivity index (χ1v) is 5.35. The number of anilines is 1. The second-order valence-corrected chi connectivity index (χ2v) is 4.00. The van der Waals surface area contributed by atoms with E-state index in [-0.39, 0.29) is 0 Å². The molecule has 0 unspecified atom stereocenters. The molecule has 0 amide bonds. The maximum atomic E-state index is 5.89. The average Bonchev–Trinajstić information content (AvgIpc) is 2.55. The van der Waals surface area contributed by atoms with Gasteiger partial charge in [-0.1, -0.05) is 0 Å². The molecule has 0 saturated carbocycles. The lowest BCUT2D eigenvalue weighted by Crippen LogP contribution is -2.12. The summed E-state index contributed by atoms with van der Waals surface area (Å²) in [6, 6.07) is 0. The zero-order chi connectivity index (χ0) is 11.9. The van der Waals surface area contributed by atoms with E-state index in [0.717, 1.165) is 34.7 Å². The average molecular weight is 219 g/mol. The van der Waals surface area contributed by atoms with Gasteiger partial charge in [-0.3, -0.25) is 0 Å². The molecule has 16 heavy (non-hydrogen) atoms. The zero-order valence-corrected chi connectivity index (χ0v) is 9.91. The zero-order valence-electron chi connectivity index (χ0n) is 9.91. The van der Waals surface area contributed by atoms with Gasteiger partial charge in [-0.2, -0.15) is 0 Å². The Labute approximate surface area is 94.5 Å². The van der Waals surface area contributed by atoms with Gasteiger partial charge in [0.2, 0.25) is 0 Å². The van der Waals surface area contributed by atoms with Crippen LogP contribution in [0, 0.1) is 20.8 Å². The van der Waals surface area contributed by atoms with Crippen LogP contribution < -0.4 is 11.5 Å². The number of fused-ring (bicyclic) bond motifs is 1. The van der Waals surface area contributed by atoms with Gasteiger partial charge < -0.3 is 16.0 Å². The highest BCUT2D eigenvalue weighted by Gasteiger charge is 2.14. The molecule has 0 spiro atoms. The fourth-order valence-electron chi connectivity index (χ4n) is 2.01. The third-order valence-corrected chi connectivity index (χ3v) is 2.94. The number of pyridine rings is 1. The monoisotopic (exact) mass is 219 g/mol. The standard InChI is InChI=1S/C11H17N5/c1-6-7(2)14-11(13)9-10(6)16(5-4-12)8(3)15-9/h4-5,12H2,1-3H3,(H2,13,14). The van der Waals surface area contributed by atoms with Crippen molar-refractivity contribution in [3.63, 3.8) is 0 Å². The molecule has 0 aromatic carbocycles. The quantitative estimate of drug-likeness (QED) is 0.786. The van der Waals surface area contributed by atoms with Crippen LogP contribution >= 0.6 is 0 Å². The summed E-state index contributed by atoms with van der Waals surface area (Å²) in [6.07, 6.45) is 0. The van der Waals surface area contributed by atoms with Gasteiger partial charge in [0, 0.05) is 18.8 Å². The molecule has 86 valence electrons. The molecule has 0 aliphatic heterocycles. The number of nitrogen functional groups attached to an aromatic ring is 1.